The van der Waals surface area contributed by atoms with E-state index in [0.29, 0.717) is 33.9 Å². The van der Waals surface area contributed by atoms with Gasteiger partial charge in [0.2, 0.25) is 5.78 Å². The Morgan fingerprint density at radius 2 is 1.43 bits per heavy atom. The highest BCUT2D eigenvalue weighted by atomic mass is 19.1. The summed E-state index contributed by atoms with van der Waals surface area (Å²) in [4.78, 5) is 38.7. The minimum Gasteiger partial charge on any atom is -0.456 e. The van der Waals surface area contributed by atoms with Gasteiger partial charge in [0.25, 0.3) is 0 Å². The fourth-order valence-corrected chi connectivity index (χ4v) is 4.74. The second kappa shape index (κ2) is 9.85. The third-order valence-corrected chi connectivity index (χ3v) is 6.66. The molecule has 0 radical (unpaired) electrons. The van der Waals surface area contributed by atoms with Crippen molar-refractivity contribution in [3.63, 3.8) is 0 Å². The number of pyridine rings is 1. The van der Waals surface area contributed by atoms with Crippen LogP contribution in [0.2, 0.25) is 0 Å². The summed E-state index contributed by atoms with van der Waals surface area (Å²) in [5, 5.41) is 1.03. The number of fused-ring (bicyclic) bond motifs is 2. The van der Waals surface area contributed by atoms with Gasteiger partial charge in [-0.3, -0.25) is 14.4 Å². The number of ketones is 1. The van der Waals surface area contributed by atoms with Crippen LogP contribution in [0.1, 0.15) is 27.3 Å². The number of hydrogen-bond donors (Lipinski definition) is 0. The summed E-state index contributed by atoms with van der Waals surface area (Å²) in [5.41, 5.74) is 4.17. The normalized spacial score (nSPS) is 11.2. The summed E-state index contributed by atoms with van der Waals surface area (Å²) in [6.07, 6.45) is 0. The quantitative estimate of drug-likeness (QED) is 0.177. The number of nitrogens with zero attached hydrogens (tertiary/aromatic N) is 2. The number of aryl methyl sites for hydroxylation is 1. The highest BCUT2D eigenvalue weighted by Gasteiger charge is 2.19. The number of esters is 1. The Bertz CT molecular complexity index is 1650. The summed E-state index contributed by atoms with van der Waals surface area (Å²) in [7, 11) is 0. The van der Waals surface area contributed by atoms with E-state index in [2.05, 4.69) is 0 Å². The van der Waals surface area contributed by atoms with Crippen LogP contribution in [0.25, 0.3) is 21.8 Å². The molecule has 0 amide bonds. The molecule has 5 rings (SSSR count). The maximum absolute atomic E-state index is 13.2. The Hall–Kier alpha value is -4.52. The van der Waals surface area contributed by atoms with Gasteiger partial charge in [0.1, 0.15) is 12.4 Å². The van der Waals surface area contributed by atoms with Crippen molar-refractivity contribution < 1.29 is 18.7 Å². The molecular weight excluding hydrogens is 471 g/mol. The lowest BCUT2D eigenvalue weighted by atomic mass is 10.1. The number of ether oxygens (including phenoxy) is 1. The fourth-order valence-electron chi connectivity index (χ4n) is 4.74. The van der Waals surface area contributed by atoms with Crippen molar-refractivity contribution in [3.8, 4) is 0 Å². The second-order valence-corrected chi connectivity index (χ2v) is 9.03. The number of aromatic nitrogens is 2. The summed E-state index contributed by atoms with van der Waals surface area (Å²) in [5.74, 6) is -1.18. The molecule has 0 spiro atoms. The maximum atomic E-state index is 13.2. The van der Waals surface area contributed by atoms with Gasteiger partial charge in [-0.05, 0) is 61.9 Å². The minimum absolute atomic E-state index is 0.0954. The lowest BCUT2D eigenvalue weighted by Gasteiger charge is -2.14. The van der Waals surface area contributed by atoms with Crippen molar-refractivity contribution in [2.45, 2.75) is 26.9 Å². The third-order valence-electron chi connectivity index (χ3n) is 6.66. The van der Waals surface area contributed by atoms with Crippen LogP contribution in [0.15, 0.2) is 83.7 Å². The Labute approximate surface area is 212 Å². The molecule has 5 aromatic rings. The van der Waals surface area contributed by atoms with E-state index in [1.165, 1.54) is 12.1 Å². The molecule has 7 heteroatoms. The summed E-state index contributed by atoms with van der Waals surface area (Å²) in [6.45, 7) is 3.70. The lowest BCUT2D eigenvalue weighted by molar-refractivity contribution is -0.143. The summed E-state index contributed by atoms with van der Waals surface area (Å²) < 4.78 is 22.3. The molecule has 0 N–H and O–H groups in total. The van der Waals surface area contributed by atoms with Crippen molar-refractivity contribution in [1.82, 2.24) is 9.13 Å². The first-order chi connectivity index (χ1) is 17.8. The molecule has 0 saturated carbocycles. The number of para-hydroxylation sites is 2. The molecule has 37 heavy (non-hydrogen) atoms. The van der Waals surface area contributed by atoms with Gasteiger partial charge in [0.15, 0.2) is 12.0 Å². The van der Waals surface area contributed by atoms with E-state index in [0.717, 1.165) is 17.0 Å². The largest absolute Gasteiger partial charge is 0.456 e. The fraction of sp³-hybridized carbons (Fsp3) is 0.167. The Balaban J connectivity index is 1.34. The molecular formula is C30H25FN2O4. The molecule has 2 heterocycles. The molecule has 0 unspecified atom stereocenters. The van der Waals surface area contributed by atoms with Crippen molar-refractivity contribution in [2.24, 2.45) is 0 Å². The van der Waals surface area contributed by atoms with Crippen LogP contribution in [0.4, 0.5) is 4.39 Å². The highest BCUT2D eigenvalue weighted by Crippen LogP contribution is 2.20. The molecule has 0 aliphatic rings. The molecule has 2 aromatic heterocycles. The smallest absolute Gasteiger partial charge is 0.326 e. The third kappa shape index (κ3) is 4.68. The zero-order chi connectivity index (χ0) is 26.1. The highest BCUT2D eigenvalue weighted by molar-refractivity contribution is 5.99. The van der Waals surface area contributed by atoms with E-state index < -0.39 is 12.6 Å². The van der Waals surface area contributed by atoms with Crippen molar-refractivity contribution in [3.05, 3.63) is 117 Å². The van der Waals surface area contributed by atoms with Crippen LogP contribution in [0.5, 0.6) is 0 Å². The zero-order valence-electron chi connectivity index (χ0n) is 20.5. The Morgan fingerprint density at radius 3 is 2.05 bits per heavy atom. The van der Waals surface area contributed by atoms with Gasteiger partial charge in [0, 0.05) is 34.3 Å². The van der Waals surface area contributed by atoms with Gasteiger partial charge in [-0.25, -0.2) is 4.39 Å². The predicted molar refractivity (Wildman–Crippen MR) is 140 cm³/mol. The van der Waals surface area contributed by atoms with Gasteiger partial charge >= 0.3 is 5.97 Å². The topological polar surface area (TPSA) is 70.3 Å². The monoisotopic (exact) mass is 496 g/mol. The molecule has 0 atom stereocenters. The van der Waals surface area contributed by atoms with Crippen molar-refractivity contribution in [1.29, 1.82) is 0 Å². The average molecular weight is 497 g/mol. The first-order valence-electron chi connectivity index (χ1n) is 11.9. The van der Waals surface area contributed by atoms with Gasteiger partial charge in [-0.2, -0.15) is 0 Å². The van der Waals surface area contributed by atoms with Crippen molar-refractivity contribution >= 4 is 33.6 Å². The van der Waals surface area contributed by atoms with Crippen molar-refractivity contribution in [2.75, 3.05) is 6.61 Å². The van der Waals surface area contributed by atoms with Crippen LogP contribution in [-0.2, 0) is 22.6 Å². The van der Waals surface area contributed by atoms with E-state index >= 15 is 0 Å². The van der Waals surface area contributed by atoms with Crippen LogP contribution < -0.4 is 5.43 Å². The van der Waals surface area contributed by atoms with Crippen LogP contribution in [0.3, 0.4) is 0 Å². The average Bonchev–Trinajstić information content (AvgIpc) is 3.19. The molecule has 0 aliphatic heterocycles. The van der Waals surface area contributed by atoms with Gasteiger partial charge in [0.05, 0.1) is 11.0 Å². The van der Waals surface area contributed by atoms with E-state index in [1.54, 1.807) is 59.2 Å². The number of Topliss-reactive ketones (excluding diaryl/α,β-unsaturated/α-hetero) is 1. The first kappa shape index (κ1) is 24.2. The standard InChI is InChI=1S/C30H25FN2O4/c1-19-15-25(20(2)32(19)16-21-11-13-22(31)14-12-21)28(34)18-37-29(35)17-33-26-9-5-3-7-23(26)30(36)24-8-4-6-10-27(24)33/h3-15H,16-18H2,1-2H3. The maximum Gasteiger partial charge on any atom is 0.326 e. The molecule has 0 aliphatic carbocycles. The van der Waals surface area contributed by atoms with Crippen LogP contribution in [-0.4, -0.2) is 27.5 Å². The molecule has 0 saturated heterocycles. The van der Waals surface area contributed by atoms with Gasteiger partial charge in [-0.15, -0.1) is 0 Å². The summed E-state index contributed by atoms with van der Waals surface area (Å²) >= 11 is 0. The molecule has 6 nitrogen and oxygen atoms in total. The number of rotatable bonds is 7. The molecule has 0 bridgehead atoms. The molecule has 0 fully saturated rings. The van der Waals surface area contributed by atoms with Gasteiger partial charge < -0.3 is 13.9 Å². The number of carbonyl (C=O) groups excluding carboxylic acids is 2. The van der Waals surface area contributed by atoms with Crippen LogP contribution in [0, 0.1) is 19.7 Å². The van der Waals surface area contributed by atoms with Gasteiger partial charge in [-0.1, -0.05) is 36.4 Å². The Kier molecular flexibility index (Phi) is 6.44. The Morgan fingerprint density at radius 1 is 0.838 bits per heavy atom. The number of carbonyl (C=O) groups is 2. The van der Waals surface area contributed by atoms with E-state index in [1.807, 2.05) is 30.5 Å². The van der Waals surface area contributed by atoms with E-state index in [9.17, 15) is 18.8 Å². The second-order valence-electron chi connectivity index (χ2n) is 9.03. The van der Waals surface area contributed by atoms with E-state index in [4.69, 9.17) is 4.74 Å². The summed E-state index contributed by atoms with van der Waals surface area (Å²) in [6, 6.07) is 22.2. The zero-order valence-corrected chi connectivity index (χ0v) is 20.5. The van der Waals surface area contributed by atoms with Crippen LogP contribution >= 0.6 is 0 Å². The number of hydrogen-bond acceptors (Lipinski definition) is 4. The molecule has 186 valence electrons. The number of benzene rings is 3. The molecule has 3 aromatic carbocycles. The lowest BCUT2D eigenvalue weighted by Crippen LogP contribution is -2.21. The SMILES string of the molecule is Cc1cc(C(=O)COC(=O)Cn2c3ccccc3c(=O)c3ccccc32)c(C)n1Cc1ccc(F)cc1. The number of halogens is 1. The minimum atomic E-state index is -0.576. The van der Waals surface area contributed by atoms with E-state index in [-0.39, 0.29) is 23.6 Å². The first-order valence-corrected chi connectivity index (χ1v) is 11.9. The predicted octanol–water partition coefficient (Wildman–Crippen LogP) is 5.19.